The second-order valence-corrected chi connectivity index (χ2v) is 19.9. The van der Waals surface area contributed by atoms with Crippen molar-refractivity contribution in [2.24, 2.45) is 0 Å². The molecule has 0 aromatic heterocycles. The Labute approximate surface area is 399 Å². The Hall–Kier alpha value is -1.59. The summed E-state index contributed by atoms with van der Waals surface area (Å²) in [5.74, 6) is -0.869. The minimum Gasteiger partial charge on any atom is -0.462 e. The Morgan fingerprint density at radius 1 is 0.250 bits per heavy atom. The first-order chi connectivity index (χ1) is 31.5. The number of hydrogen-bond acceptors (Lipinski definition) is 6. The van der Waals surface area contributed by atoms with Gasteiger partial charge in [0.2, 0.25) is 0 Å². The lowest BCUT2D eigenvalue weighted by molar-refractivity contribution is -0.167. The zero-order valence-electron chi connectivity index (χ0n) is 43.6. The van der Waals surface area contributed by atoms with Crippen molar-refractivity contribution >= 4 is 17.9 Å². The highest BCUT2D eigenvalue weighted by Gasteiger charge is 2.19. The topological polar surface area (TPSA) is 78.9 Å². The van der Waals surface area contributed by atoms with Crippen molar-refractivity contribution in [3.63, 3.8) is 0 Å². The Bertz CT molecular complexity index is 951. The van der Waals surface area contributed by atoms with Gasteiger partial charge in [-0.1, -0.05) is 297 Å². The van der Waals surface area contributed by atoms with Gasteiger partial charge >= 0.3 is 17.9 Å². The van der Waals surface area contributed by atoms with Crippen molar-refractivity contribution in [2.75, 3.05) is 13.2 Å². The number of carbonyl (C=O) groups is 3. The van der Waals surface area contributed by atoms with Crippen LogP contribution in [-0.4, -0.2) is 37.2 Å². The van der Waals surface area contributed by atoms with Crippen LogP contribution in [0.2, 0.25) is 0 Å². The SMILES string of the molecule is CCCCCCCCCCCCCCCCCCCCCCCCCCCCCCCCCCCCC(=O)OCC(COC(=O)CCCCCCCC)OC(=O)CCCCCCCC. The van der Waals surface area contributed by atoms with Gasteiger partial charge in [-0.25, -0.2) is 0 Å². The number of ether oxygens (including phenoxy) is 3. The van der Waals surface area contributed by atoms with Gasteiger partial charge in [0.25, 0.3) is 0 Å². The zero-order valence-corrected chi connectivity index (χ0v) is 43.6. The van der Waals surface area contributed by atoms with Crippen LogP contribution in [-0.2, 0) is 28.6 Å². The predicted molar refractivity (Wildman–Crippen MR) is 275 cm³/mol. The van der Waals surface area contributed by atoms with Crippen LogP contribution >= 0.6 is 0 Å². The molecule has 6 heteroatoms. The molecule has 0 saturated heterocycles. The molecule has 0 radical (unpaired) electrons. The van der Waals surface area contributed by atoms with Crippen LogP contribution in [0.3, 0.4) is 0 Å². The molecule has 0 aliphatic carbocycles. The highest BCUT2D eigenvalue weighted by molar-refractivity contribution is 5.71. The fraction of sp³-hybridized carbons (Fsp3) is 0.948. The Balaban J connectivity index is 3.68. The van der Waals surface area contributed by atoms with E-state index in [0.29, 0.717) is 19.3 Å². The molecule has 1 unspecified atom stereocenters. The van der Waals surface area contributed by atoms with E-state index in [1.807, 2.05) is 0 Å². The van der Waals surface area contributed by atoms with Crippen LogP contribution < -0.4 is 0 Å². The number of rotatable bonds is 54. The first-order valence-electron chi connectivity index (χ1n) is 29.0. The third kappa shape index (κ3) is 51.4. The number of hydrogen-bond donors (Lipinski definition) is 0. The summed E-state index contributed by atoms with van der Waals surface area (Å²) >= 11 is 0. The van der Waals surface area contributed by atoms with Gasteiger partial charge in [-0.05, 0) is 19.3 Å². The first-order valence-corrected chi connectivity index (χ1v) is 29.0. The summed E-state index contributed by atoms with van der Waals surface area (Å²) < 4.78 is 16.6. The lowest BCUT2D eigenvalue weighted by Gasteiger charge is -2.18. The van der Waals surface area contributed by atoms with E-state index in [1.165, 1.54) is 238 Å². The molecule has 0 bridgehead atoms. The van der Waals surface area contributed by atoms with Crippen molar-refractivity contribution in [1.82, 2.24) is 0 Å². The molecule has 0 aromatic rings. The van der Waals surface area contributed by atoms with Crippen LogP contribution in [0.5, 0.6) is 0 Å². The maximum absolute atomic E-state index is 12.6. The number of unbranched alkanes of at least 4 members (excludes halogenated alkanes) is 43. The molecule has 0 N–H and O–H groups in total. The largest absolute Gasteiger partial charge is 0.462 e. The van der Waals surface area contributed by atoms with Crippen LogP contribution in [0.4, 0.5) is 0 Å². The quantitative estimate of drug-likeness (QED) is 0.0344. The third-order valence-electron chi connectivity index (χ3n) is 13.4. The summed E-state index contributed by atoms with van der Waals surface area (Å²) in [5.41, 5.74) is 0. The molecular formula is C58H112O6. The fourth-order valence-corrected chi connectivity index (χ4v) is 8.98. The lowest BCUT2D eigenvalue weighted by Crippen LogP contribution is -2.30. The monoisotopic (exact) mass is 905 g/mol. The van der Waals surface area contributed by atoms with Crippen LogP contribution in [0.1, 0.15) is 335 Å². The van der Waals surface area contributed by atoms with Gasteiger partial charge in [-0.3, -0.25) is 14.4 Å². The summed E-state index contributed by atoms with van der Waals surface area (Å²) in [6, 6.07) is 0. The molecular weight excluding hydrogens is 793 g/mol. The molecule has 380 valence electrons. The van der Waals surface area contributed by atoms with E-state index in [9.17, 15) is 14.4 Å². The molecule has 0 fully saturated rings. The fourth-order valence-electron chi connectivity index (χ4n) is 8.98. The Morgan fingerprint density at radius 3 is 0.625 bits per heavy atom. The van der Waals surface area contributed by atoms with Gasteiger partial charge < -0.3 is 14.2 Å². The Morgan fingerprint density at radius 2 is 0.422 bits per heavy atom. The van der Waals surface area contributed by atoms with Crippen molar-refractivity contribution in [3.8, 4) is 0 Å². The molecule has 0 aliphatic rings. The van der Waals surface area contributed by atoms with Gasteiger partial charge in [-0.15, -0.1) is 0 Å². The average molecular weight is 906 g/mol. The highest BCUT2D eigenvalue weighted by Crippen LogP contribution is 2.18. The van der Waals surface area contributed by atoms with Gasteiger partial charge in [0.1, 0.15) is 13.2 Å². The van der Waals surface area contributed by atoms with Gasteiger partial charge in [0.15, 0.2) is 6.10 Å². The molecule has 1 atom stereocenters. The maximum Gasteiger partial charge on any atom is 0.306 e. The van der Waals surface area contributed by atoms with E-state index in [-0.39, 0.29) is 31.1 Å². The molecule has 0 amide bonds. The van der Waals surface area contributed by atoms with E-state index < -0.39 is 6.10 Å². The summed E-state index contributed by atoms with van der Waals surface area (Å²) in [4.78, 5) is 37.4. The average Bonchev–Trinajstić information content (AvgIpc) is 3.29. The van der Waals surface area contributed by atoms with Gasteiger partial charge in [0, 0.05) is 19.3 Å². The minimum absolute atomic E-state index is 0.0644. The molecule has 0 saturated carbocycles. The second kappa shape index (κ2) is 54.0. The Kier molecular flexibility index (Phi) is 52.7. The molecule has 0 aromatic carbocycles. The molecule has 0 aliphatic heterocycles. The molecule has 6 nitrogen and oxygen atoms in total. The highest BCUT2D eigenvalue weighted by atomic mass is 16.6. The van der Waals surface area contributed by atoms with Crippen LogP contribution in [0.25, 0.3) is 0 Å². The molecule has 0 heterocycles. The number of esters is 3. The predicted octanol–water partition coefficient (Wildman–Crippen LogP) is 19.2. The van der Waals surface area contributed by atoms with Crippen molar-refractivity contribution in [1.29, 1.82) is 0 Å². The van der Waals surface area contributed by atoms with Crippen molar-refractivity contribution in [2.45, 2.75) is 341 Å². The maximum atomic E-state index is 12.6. The summed E-state index contributed by atoms with van der Waals surface area (Å²) in [5, 5.41) is 0. The third-order valence-corrected chi connectivity index (χ3v) is 13.4. The van der Waals surface area contributed by atoms with Crippen molar-refractivity contribution < 1.29 is 28.6 Å². The van der Waals surface area contributed by atoms with Gasteiger partial charge in [-0.2, -0.15) is 0 Å². The standard InChI is InChI=1S/C58H112O6/c1-4-7-10-13-16-17-18-19-20-21-22-23-24-25-26-27-28-29-30-31-32-33-34-35-36-37-38-39-40-41-42-43-46-48-51-57(60)63-54-55(64-58(61)52-49-45-15-12-9-6-3)53-62-56(59)50-47-44-14-11-8-5-2/h55H,4-54H2,1-3H3. The first kappa shape index (κ1) is 62.4. The lowest BCUT2D eigenvalue weighted by atomic mass is 10.0. The van der Waals surface area contributed by atoms with Crippen LogP contribution in [0.15, 0.2) is 0 Å². The van der Waals surface area contributed by atoms with E-state index >= 15 is 0 Å². The van der Waals surface area contributed by atoms with E-state index in [1.54, 1.807) is 0 Å². The molecule has 0 rings (SSSR count). The summed E-state index contributed by atoms with van der Waals surface area (Å²) in [6.07, 6.45) is 60.6. The molecule has 64 heavy (non-hydrogen) atoms. The normalized spacial score (nSPS) is 11.9. The second-order valence-electron chi connectivity index (χ2n) is 19.9. The van der Waals surface area contributed by atoms with Crippen LogP contribution in [0, 0.1) is 0 Å². The summed E-state index contributed by atoms with van der Waals surface area (Å²) in [6.45, 7) is 6.56. The number of carbonyl (C=O) groups excluding carboxylic acids is 3. The molecule has 0 spiro atoms. The van der Waals surface area contributed by atoms with E-state index in [2.05, 4.69) is 20.8 Å². The minimum atomic E-state index is -0.756. The van der Waals surface area contributed by atoms with E-state index in [4.69, 9.17) is 14.2 Å². The summed E-state index contributed by atoms with van der Waals surface area (Å²) in [7, 11) is 0. The van der Waals surface area contributed by atoms with Crippen molar-refractivity contribution in [3.05, 3.63) is 0 Å². The van der Waals surface area contributed by atoms with E-state index in [0.717, 1.165) is 57.8 Å². The van der Waals surface area contributed by atoms with Gasteiger partial charge in [0.05, 0.1) is 0 Å². The zero-order chi connectivity index (χ0) is 46.5. The smallest absolute Gasteiger partial charge is 0.306 e.